The second kappa shape index (κ2) is 13.2. The fourth-order valence-electron chi connectivity index (χ4n) is 6.60. The van der Waals surface area contributed by atoms with E-state index in [1.54, 1.807) is 13.8 Å². The van der Waals surface area contributed by atoms with Crippen LogP contribution in [0.3, 0.4) is 0 Å². The van der Waals surface area contributed by atoms with E-state index >= 15 is 0 Å². The Morgan fingerprint density at radius 1 is 1.22 bits per heavy atom. The molecule has 2 fully saturated rings. The van der Waals surface area contributed by atoms with Gasteiger partial charge in [0, 0.05) is 62.7 Å². The Morgan fingerprint density at radius 2 is 1.89 bits per heavy atom. The van der Waals surface area contributed by atoms with Crippen molar-refractivity contribution >= 4 is 11.9 Å². The van der Waals surface area contributed by atoms with Gasteiger partial charge in [0.2, 0.25) is 5.79 Å². The molecule has 0 aromatic heterocycles. The van der Waals surface area contributed by atoms with Gasteiger partial charge >= 0.3 is 5.97 Å². The van der Waals surface area contributed by atoms with Crippen LogP contribution in [0.2, 0.25) is 0 Å². The number of amides is 1. The molecule has 10 atom stereocenters. The summed E-state index contributed by atoms with van der Waals surface area (Å²) in [7, 11) is 1.37. The van der Waals surface area contributed by atoms with Gasteiger partial charge in [0.15, 0.2) is 6.10 Å². The summed E-state index contributed by atoms with van der Waals surface area (Å²) in [6, 6.07) is 1.11. The summed E-state index contributed by atoms with van der Waals surface area (Å²) in [6.07, 6.45) is -5.13. The van der Waals surface area contributed by atoms with Crippen LogP contribution in [-0.2, 0) is 30.2 Å². The Bertz CT molecular complexity index is 1300. The summed E-state index contributed by atoms with van der Waals surface area (Å²) < 4.78 is 23.4. The first-order chi connectivity index (χ1) is 20.9. The summed E-state index contributed by atoms with van der Waals surface area (Å²) in [4.78, 5) is 25.8. The topological polar surface area (TPSA) is 184 Å². The van der Waals surface area contributed by atoms with Crippen molar-refractivity contribution in [3.63, 3.8) is 0 Å². The summed E-state index contributed by atoms with van der Waals surface area (Å²) in [6.45, 7) is 14.9. The number of carbonyl (C=O) groups is 2. The van der Waals surface area contributed by atoms with E-state index in [0.717, 1.165) is 11.6 Å². The van der Waals surface area contributed by atoms with Gasteiger partial charge in [0.1, 0.15) is 23.2 Å². The monoisotopic (exact) mass is 635 g/mol. The standard InChI is InChI=1S/C33H49NO11/c1-15-13-33(42-8,45-19(5)16(15)2)29(39)30(40)34-14-20-9-26(38)32(6,7)27(43-20)12-23(36)18(4)25-10-21-17(3)22(35)11-24(37)28(21)31(41)44-25/h11,16,18-20,23,25-27,29,35-39H,1,9-10,12-14H2,2-8H3,(H,34,40)/t16-,18-,19-,20+,23+,25-,26-,27-,29-,33-/m1/s1. The third-order valence-corrected chi connectivity index (χ3v) is 10.4. The van der Waals surface area contributed by atoms with Crippen LogP contribution in [0.4, 0.5) is 0 Å². The van der Waals surface area contributed by atoms with E-state index in [2.05, 4.69) is 11.9 Å². The molecule has 3 aliphatic heterocycles. The van der Waals surface area contributed by atoms with Crippen molar-refractivity contribution < 1.29 is 54.1 Å². The van der Waals surface area contributed by atoms with E-state index in [1.807, 2.05) is 27.7 Å². The predicted molar refractivity (Wildman–Crippen MR) is 162 cm³/mol. The molecule has 12 heteroatoms. The third kappa shape index (κ3) is 6.72. The Balaban J connectivity index is 1.40. The molecule has 12 nitrogen and oxygen atoms in total. The van der Waals surface area contributed by atoms with Crippen LogP contribution in [-0.4, -0.2) is 99.6 Å². The Hall–Kier alpha value is -2.74. The van der Waals surface area contributed by atoms with Crippen LogP contribution in [0.1, 0.15) is 75.4 Å². The van der Waals surface area contributed by atoms with Crippen molar-refractivity contribution in [3.8, 4) is 11.5 Å². The molecule has 1 aromatic carbocycles. The molecule has 0 unspecified atom stereocenters. The van der Waals surface area contributed by atoms with Gasteiger partial charge in [-0.25, -0.2) is 4.79 Å². The smallest absolute Gasteiger partial charge is 0.342 e. The minimum atomic E-state index is -1.64. The number of esters is 1. The molecule has 2 saturated heterocycles. The van der Waals surface area contributed by atoms with E-state index in [0.29, 0.717) is 11.1 Å². The van der Waals surface area contributed by atoms with Gasteiger partial charge in [-0.2, -0.15) is 0 Å². The summed E-state index contributed by atoms with van der Waals surface area (Å²) >= 11 is 0. The highest BCUT2D eigenvalue weighted by atomic mass is 16.7. The first-order valence-electron chi connectivity index (χ1n) is 15.6. The first-order valence-corrected chi connectivity index (χ1v) is 15.6. The molecule has 252 valence electrons. The maximum absolute atomic E-state index is 13.1. The number of cyclic esters (lactones) is 1. The Labute approximate surface area is 264 Å². The molecule has 3 heterocycles. The average Bonchev–Trinajstić information content (AvgIpc) is 2.98. The maximum atomic E-state index is 13.1. The van der Waals surface area contributed by atoms with E-state index in [9.17, 15) is 35.1 Å². The van der Waals surface area contributed by atoms with Crippen LogP contribution in [0.25, 0.3) is 0 Å². The molecule has 0 spiro atoms. The van der Waals surface area contributed by atoms with Crippen molar-refractivity contribution in [2.75, 3.05) is 13.7 Å². The zero-order valence-corrected chi connectivity index (χ0v) is 27.2. The third-order valence-electron chi connectivity index (χ3n) is 10.4. The Morgan fingerprint density at radius 3 is 2.51 bits per heavy atom. The molecule has 45 heavy (non-hydrogen) atoms. The molecule has 0 radical (unpaired) electrons. The van der Waals surface area contributed by atoms with Crippen molar-refractivity contribution in [1.29, 1.82) is 0 Å². The molecule has 6 N–H and O–H groups in total. The molecule has 0 saturated carbocycles. The number of ether oxygens (including phenoxy) is 4. The molecule has 3 aliphatic rings. The van der Waals surface area contributed by atoms with Gasteiger partial charge in [0.25, 0.3) is 5.91 Å². The first kappa shape index (κ1) is 35.1. The van der Waals surface area contributed by atoms with Crippen LogP contribution in [0.15, 0.2) is 18.2 Å². The summed E-state index contributed by atoms with van der Waals surface area (Å²) in [5.74, 6) is -4.05. The molecule has 4 rings (SSSR count). The molecule has 1 amide bonds. The minimum absolute atomic E-state index is 0.0126. The molecule has 0 bridgehead atoms. The number of rotatable bonds is 9. The van der Waals surface area contributed by atoms with E-state index in [1.165, 1.54) is 7.11 Å². The SMILES string of the molecule is C=C1C[C@](OC)([C@H](O)C(=O)NC[C@@H]2C[C@@H](O)C(C)(C)[C@@H](C[C@H](O)[C@@H](C)[C@H]3Cc4c(C)c(O)cc(O)c4C(=O)O3)O2)O[C@H](C)[C@@H]1C. The molecular weight excluding hydrogens is 586 g/mol. The molecular formula is C33H49NO11. The van der Waals surface area contributed by atoms with Crippen LogP contribution in [0.5, 0.6) is 11.5 Å². The van der Waals surface area contributed by atoms with E-state index < -0.39 is 65.6 Å². The normalized spacial score (nSPS) is 33.5. The number of phenolic OH excluding ortho intramolecular Hbond substituents is 2. The highest BCUT2D eigenvalue weighted by Crippen LogP contribution is 2.42. The fourth-order valence-corrected chi connectivity index (χ4v) is 6.60. The van der Waals surface area contributed by atoms with Gasteiger partial charge in [-0.3, -0.25) is 4.79 Å². The minimum Gasteiger partial charge on any atom is -0.508 e. The second-order valence-corrected chi connectivity index (χ2v) is 13.6. The number of aliphatic hydroxyl groups is 3. The van der Waals surface area contributed by atoms with Gasteiger partial charge in [-0.15, -0.1) is 0 Å². The van der Waals surface area contributed by atoms with Crippen LogP contribution < -0.4 is 5.32 Å². The quantitative estimate of drug-likeness (QED) is 0.173. The van der Waals surface area contributed by atoms with Gasteiger partial charge in [0.05, 0.1) is 30.5 Å². The predicted octanol–water partition coefficient (Wildman–Crippen LogP) is 2.24. The van der Waals surface area contributed by atoms with E-state index in [4.69, 9.17) is 18.9 Å². The number of aromatic hydroxyl groups is 2. The second-order valence-electron chi connectivity index (χ2n) is 13.6. The lowest BCUT2D eigenvalue weighted by molar-refractivity contribution is -0.297. The van der Waals surface area contributed by atoms with Crippen LogP contribution >= 0.6 is 0 Å². The molecule has 1 aromatic rings. The number of benzene rings is 1. The van der Waals surface area contributed by atoms with Gasteiger partial charge in [-0.05, 0) is 25.0 Å². The van der Waals surface area contributed by atoms with Crippen LogP contribution in [0, 0.1) is 24.2 Å². The maximum Gasteiger partial charge on any atom is 0.342 e. The van der Waals surface area contributed by atoms with Gasteiger partial charge in [-0.1, -0.05) is 39.8 Å². The number of hydrogen-bond acceptors (Lipinski definition) is 11. The number of aliphatic hydroxyl groups excluding tert-OH is 3. The highest BCUT2D eigenvalue weighted by molar-refractivity contribution is 5.96. The van der Waals surface area contributed by atoms with Crippen molar-refractivity contribution in [2.24, 2.45) is 17.3 Å². The lowest BCUT2D eigenvalue weighted by atomic mass is 9.73. The highest BCUT2D eigenvalue weighted by Gasteiger charge is 2.50. The number of methoxy groups -OCH3 is 1. The number of hydrogen-bond donors (Lipinski definition) is 6. The van der Waals surface area contributed by atoms with Gasteiger partial charge < -0.3 is 49.8 Å². The number of nitrogens with one attached hydrogen (secondary N) is 1. The van der Waals surface area contributed by atoms with E-state index in [-0.39, 0.29) is 61.3 Å². The lowest BCUT2D eigenvalue weighted by Gasteiger charge is -2.47. The lowest BCUT2D eigenvalue weighted by Crippen LogP contribution is -2.60. The zero-order valence-electron chi connectivity index (χ0n) is 27.2. The number of fused-ring (bicyclic) bond motifs is 1. The number of phenols is 2. The Kier molecular flexibility index (Phi) is 10.3. The summed E-state index contributed by atoms with van der Waals surface area (Å²) in [5.41, 5.74) is 0.990. The number of carbonyl (C=O) groups excluding carboxylic acids is 2. The van der Waals surface area contributed by atoms with Crippen molar-refractivity contribution in [2.45, 2.75) is 116 Å². The fraction of sp³-hybridized carbons (Fsp3) is 0.697. The molecule has 0 aliphatic carbocycles. The zero-order chi connectivity index (χ0) is 33.6. The largest absolute Gasteiger partial charge is 0.508 e. The average molecular weight is 636 g/mol. The summed E-state index contributed by atoms with van der Waals surface area (Å²) in [5, 5.41) is 56.4. The van der Waals surface area contributed by atoms with Crippen molar-refractivity contribution in [1.82, 2.24) is 5.32 Å². The van der Waals surface area contributed by atoms with Crippen molar-refractivity contribution in [3.05, 3.63) is 34.9 Å².